The van der Waals surface area contributed by atoms with Gasteiger partial charge in [0.25, 0.3) is 0 Å². The molecule has 0 aliphatic rings. The summed E-state index contributed by atoms with van der Waals surface area (Å²) in [4.78, 5) is 11.3. The lowest BCUT2D eigenvalue weighted by atomic mass is 10.7. The van der Waals surface area contributed by atoms with E-state index in [0.717, 1.165) is 0 Å². The lowest BCUT2D eigenvalue weighted by molar-refractivity contribution is -0.140. The van der Waals surface area contributed by atoms with Crippen LogP contribution in [0.4, 0.5) is 0 Å². The highest BCUT2D eigenvalue weighted by atomic mass is 28.4. The summed E-state index contributed by atoms with van der Waals surface area (Å²) in [5, 5.41) is 0. The third-order valence-corrected chi connectivity index (χ3v) is 2.43. The van der Waals surface area contributed by atoms with Gasteiger partial charge in [-0.2, -0.15) is 0 Å². The fourth-order valence-electron chi connectivity index (χ4n) is 1.01. The van der Waals surface area contributed by atoms with Gasteiger partial charge in [-0.1, -0.05) is 0 Å². The van der Waals surface area contributed by atoms with E-state index in [0.29, 0.717) is 33.0 Å². The normalized spacial score (nSPS) is 11.5. The van der Waals surface area contributed by atoms with Crippen LogP contribution in [0, 0.1) is 0 Å². The molecular weight excluding hydrogens is 240 g/mol. The standard InChI is InChI=1S/C11H24O5Si/c1-5-13-6-7-14-8-9-15-10-11(12)16-17(2,3)4/h5-10H2,1-4H3. The van der Waals surface area contributed by atoms with Crippen molar-refractivity contribution in [1.29, 1.82) is 0 Å². The summed E-state index contributed by atoms with van der Waals surface area (Å²) in [5.41, 5.74) is 0. The Hall–Kier alpha value is -0.433. The number of carbonyl (C=O) groups excluding carboxylic acids is 1. The van der Waals surface area contributed by atoms with Crippen LogP contribution in [-0.2, 0) is 23.4 Å². The topological polar surface area (TPSA) is 54.0 Å². The molecule has 0 aromatic carbocycles. The second-order valence-electron chi connectivity index (χ2n) is 4.45. The number of hydrogen-bond donors (Lipinski definition) is 0. The van der Waals surface area contributed by atoms with Gasteiger partial charge in [-0.25, -0.2) is 0 Å². The number of rotatable bonds is 10. The molecule has 0 bridgehead atoms. The fourth-order valence-corrected chi connectivity index (χ4v) is 1.75. The molecule has 17 heavy (non-hydrogen) atoms. The molecule has 5 nitrogen and oxygen atoms in total. The molecule has 0 aromatic heterocycles. The van der Waals surface area contributed by atoms with E-state index >= 15 is 0 Å². The molecule has 0 fully saturated rings. The second kappa shape index (κ2) is 9.58. The van der Waals surface area contributed by atoms with E-state index in [1.165, 1.54) is 0 Å². The summed E-state index contributed by atoms with van der Waals surface area (Å²) >= 11 is 0. The van der Waals surface area contributed by atoms with E-state index in [4.69, 9.17) is 18.6 Å². The van der Waals surface area contributed by atoms with Crippen LogP contribution >= 0.6 is 0 Å². The highest BCUT2D eigenvalue weighted by molar-refractivity contribution is 6.71. The van der Waals surface area contributed by atoms with Gasteiger partial charge in [-0.15, -0.1) is 0 Å². The minimum atomic E-state index is -1.79. The maximum atomic E-state index is 11.3. The Kier molecular flexibility index (Phi) is 9.34. The highest BCUT2D eigenvalue weighted by Crippen LogP contribution is 2.02. The van der Waals surface area contributed by atoms with Crippen molar-refractivity contribution < 1.29 is 23.4 Å². The summed E-state index contributed by atoms with van der Waals surface area (Å²) in [6, 6.07) is 0. The fraction of sp³-hybridized carbons (Fsp3) is 0.909. The second-order valence-corrected chi connectivity index (χ2v) is 8.88. The van der Waals surface area contributed by atoms with Crippen LogP contribution in [0.5, 0.6) is 0 Å². The highest BCUT2D eigenvalue weighted by Gasteiger charge is 2.19. The summed E-state index contributed by atoms with van der Waals surface area (Å²) < 4.78 is 20.7. The van der Waals surface area contributed by atoms with Crippen molar-refractivity contribution in [3.05, 3.63) is 0 Å². The van der Waals surface area contributed by atoms with Crippen LogP contribution in [0.1, 0.15) is 6.92 Å². The summed E-state index contributed by atoms with van der Waals surface area (Å²) in [6.07, 6.45) is 0. The van der Waals surface area contributed by atoms with Crippen LogP contribution in [0.25, 0.3) is 0 Å². The molecular formula is C11H24O5Si. The first-order valence-electron chi connectivity index (χ1n) is 5.91. The van der Waals surface area contributed by atoms with Crippen molar-refractivity contribution in [3.63, 3.8) is 0 Å². The van der Waals surface area contributed by atoms with Crippen LogP contribution in [0.15, 0.2) is 0 Å². The minimum Gasteiger partial charge on any atom is -0.518 e. The molecule has 0 saturated heterocycles. The minimum absolute atomic E-state index is 0.000903. The molecule has 0 spiro atoms. The van der Waals surface area contributed by atoms with Crippen LogP contribution in [0.2, 0.25) is 19.6 Å². The molecule has 0 aromatic rings. The van der Waals surface area contributed by atoms with Crippen molar-refractivity contribution in [3.8, 4) is 0 Å². The Morgan fingerprint density at radius 3 is 2.00 bits per heavy atom. The van der Waals surface area contributed by atoms with E-state index in [1.807, 2.05) is 26.6 Å². The maximum Gasteiger partial charge on any atom is 0.318 e. The lowest BCUT2D eigenvalue weighted by Crippen LogP contribution is -2.31. The molecule has 102 valence electrons. The molecule has 6 heteroatoms. The van der Waals surface area contributed by atoms with Crippen LogP contribution in [-0.4, -0.2) is 53.9 Å². The van der Waals surface area contributed by atoms with E-state index in [9.17, 15) is 4.79 Å². The van der Waals surface area contributed by atoms with Crippen molar-refractivity contribution in [2.75, 3.05) is 39.6 Å². The summed E-state index contributed by atoms with van der Waals surface area (Å²) in [6.45, 7) is 10.5. The number of hydrogen-bond acceptors (Lipinski definition) is 5. The maximum absolute atomic E-state index is 11.3. The Morgan fingerprint density at radius 1 is 0.941 bits per heavy atom. The first kappa shape index (κ1) is 16.6. The van der Waals surface area contributed by atoms with Gasteiger partial charge in [-0.05, 0) is 26.6 Å². The zero-order valence-electron chi connectivity index (χ0n) is 11.3. The first-order valence-corrected chi connectivity index (χ1v) is 9.31. The number of ether oxygens (including phenoxy) is 3. The van der Waals surface area contributed by atoms with E-state index < -0.39 is 8.32 Å². The van der Waals surface area contributed by atoms with Crippen LogP contribution in [0.3, 0.4) is 0 Å². The van der Waals surface area contributed by atoms with Crippen LogP contribution < -0.4 is 0 Å². The molecule has 0 atom stereocenters. The van der Waals surface area contributed by atoms with E-state index in [2.05, 4.69) is 0 Å². The molecule has 0 aliphatic carbocycles. The zero-order chi connectivity index (χ0) is 13.1. The van der Waals surface area contributed by atoms with Crippen molar-refractivity contribution in [2.45, 2.75) is 26.6 Å². The van der Waals surface area contributed by atoms with Gasteiger partial charge >= 0.3 is 5.97 Å². The van der Waals surface area contributed by atoms with Gasteiger partial charge in [0.05, 0.1) is 26.4 Å². The van der Waals surface area contributed by atoms with E-state index in [-0.39, 0.29) is 12.6 Å². The molecule has 0 heterocycles. The van der Waals surface area contributed by atoms with Gasteiger partial charge in [0.1, 0.15) is 6.61 Å². The molecule has 0 rings (SSSR count). The molecule has 0 unspecified atom stereocenters. The van der Waals surface area contributed by atoms with Gasteiger partial charge in [0.2, 0.25) is 8.32 Å². The predicted octanol–water partition coefficient (Wildman–Crippen LogP) is 1.43. The molecule has 0 radical (unpaired) electrons. The molecule has 0 N–H and O–H groups in total. The Labute approximate surface area is 105 Å². The smallest absolute Gasteiger partial charge is 0.318 e. The summed E-state index contributed by atoms with van der Waals surface area (Å²) in [5.74, 6) is -0.293. The average molecular weight is 264 g/mol. The SMILES string of the molecule is CCOCCOCCOCC(=O)O[Si](C)(C)C. The largest absolute Gasteiger partial charge is 0.518 e. The van der Waals surface area contributed by atoms with Gasteiger partial charge in [0, 0.05) is 6.61 Å². The van der Waals surface area contributed by atoms with Gasteiger partial charge < -0.3 is 18.6 Å². The van der Waals surface area contributed by atoms with Gasteiger partial charge in [-0.3, -0.25) is 4.79 Å². The first-order chi connectivity index (χ1) is 7.95. The Morgan fingerprint density at radius 2 is 1.47 bits per heavy atom. The molecule has 0 saturated carbocycles. The third kappa shape index (κ3) is 13.5. The predicted molar refractivity (Wildman–Crippen MR) is 67.6 cm³/mol. The lowest BCUT2D eigenvalue weighted by Gasteiger charge is -2.17. The van der Waals surface area contributed by atoms with Gasteiger partial charge in [0.15, 0.2) is 0 Å². The third-order valence-electron chi connectivity index (χ3n) is 1.59. The Balaban J connectivity index is 3.25. The van der Waals surface area contributed by atoms with E-state index in [1.54, 1.807) is 0 Å². The summed E-state index contributed by atoms with van der Waals surface area (Å²) in [7, 11) is -1.79. The molecule has 0 aliphatic heterocycles. The Bertz CT molecular complexity index is 203. The zero-order valence-corrected chi connectivity index (χ0v) is 12.3. The molecule has 0 amide bonds. The average Bonchev–Trinajstić information content (AvgIpc) is 2.19. The quantitative estimate of drug-likeness (QED) is 0.441. The van der Waals surface area contributed by atoms with Crippen molar-refractivity contribution in [1.82, 2.24) is 0 Å². The monoisotopic (exact) mass is 264 g/mol. The van der Waals surface area contributed by atoms with Crippen molar-refractivity contribution in [2.24, 2.45) is 0 Å². The van der Waals surface area contributed by atoms with Crippen molar-refractivity contribution >= 4 is 14.3 Å². The number of carbonyl (C=O) groups is 1.